The predicted molar refractivity (Wildman–Crippen MR) is 221 cm³/mol. The Bertz CT molecular complexity index is 2380. The van der Waals surface area contributed by atoms with Crippen LogP contribution >= 0.6 is 0 Å². The van der Waals surface area contributed by atoms with Crippen molar-refractivity contribution in [3.05, 3.63) is 70.3 Å². The van der Waals surface area contributed by atoms with Crippen LogP contribution < -0.4 is 31.6 Å². The second kappa shape index (κ2) is 18.9. The Morgan fingerprint density at radius 1 is 0.633 bits per heavy atom. The van der Waals surface area contributed by atoms with E-state index in [1.807, 2.05) is 13.8 Å². The van der Waals surface area contributed by atoms with Gasteiger partial charge in [-0.05, 0) is 76.9 Å². The van der Waals surface area contributed by atoms with Crippen LogP contribution in [0.2, 0.25) is 0 Å². The number of benzene rings is 2. The Morgan fingerprint density at radius 3 is 1.38 bits per heavy atom. The number of aliphatic hydroxyl groups is 2. The molecule has 0 fully saturated rings. The largest absolute Gasteiger partial charge is 0.491 e. The number of rotatable bonds is 21. The molecule has 0 spiro atoms. The Balaban J connectivity index is 1.38. The van der Waals surface area contributed by atoms with Crippen LogP contribution in [0.1, 0.15) is 92.6 Å². The van der Waals surface area contributed by atoms with E-state index in [4.69, 9.17) is 30.9 Å². The SMILES string of the molecule is CCn1nc(C)cc1C(=O)Nc1nc2cc(C(N)=O)cc(OCCCO)c2n1CCCCn1c(NC(=O)c2cc(C)nn2CC)nc2cc(C(N)=O)cc(OCCCO)c21. The maximum absolute atomic E-state index is 13.7. The van der Waals surface area contributed by atoms with Crippen LogP contribution in [-0.4, -0.2) is 98.9 Å². The number of nitrogens with one attached hydrogen (secondary N) is 2. The lowest BCUT2D eigenvalue weighted by molar-refractivity contribution is 0.0991. The van der Waals surface area contributed by atoms with Crippen molar-refractivity contribution in [1.29, 1.82) is 0 Å². The number of ether oxygens (including phenoxy) is 2. The summed E-state index contributed by atoms with van der Waals surface area (Å²) >= 11 is 0. The molecule has 4 heterocycles. The van der Waals surface area contributed by atoms with E-state index in [1.165, 1.54) is 24.3 Å². The highest BCUT2D eigenvalue weighted by Gasteiger charge is 2.24. The molecule has 0 unspecified atom stereocenters. The summed E-state index contributed by atoms with van der Waals surface area (Å²) in [5, 5.41) is 33.6. The van der Waals surface area contributed by atoms with E-state index in [2.05, 4.69) is 20.8 Å². The molecule has 0 aliphatic carbocycles. The molecule has 0 atom stereocenters. The van der Waals surface area contributed by atoms with Gasteiger partial charge in [-0.15, -0.1) is 0 Å². The molecule has 0 saturated carbocycles. The highest BCUT2D eigenvalue weighted by molar-refractivity contribution is 6.05. The summed E-state index contributed by atoms with van der Waals surface area (Å²) in [6.07, 6.45) is 1.60. The van der Waals surface area contributed by atoms with Crippen molar-refractivity contribution in [2.24, 2.45) is 11.5 Å². The number of nitrogens with zero attached hydrogens (tertiary/aromatic N) is 8. The first kappa shape index (κ1) is 42.8. The van der Waals surface area contributed by atoms with Gasteiger partial charge in [0.1, 0.15) is 33.9 Å². The van der Waals surface area contributed by atoms with Gasteiger partial charge >= 0.3 is 0 Å². The number of hydrogen-bond donors (Lipinski definition) is 6. The predicted octanol–water partition coefficient (Wildman–Crippen LogP) is 3.14. The summed E-state index contributed by atoms with van der Waals surface area (Å²) in [6, 6.07) is 9.44. The lowest BCUT2D eigenvalue weighted by atomic mass is 10.1. The summed E-state index contributed by atoms with van der Waals surface area (Å²) in [6.45, 7) is 8.89. The number of primary amides is 2. The number of aryl methyl sites for hydroxylation is 6. The molecule has 4 amide bonds. The van der Waals surface area contributed by atoms with Crippen LogP contribution in [0.3, 0.4) is 0 Å². The third kappa shape index (κ3) is 9.24. The first-order valence-electron chi connectivity index (χ1n) is 19.7. The van der Waals surface area contributed by atoms with E-state index in [1.54, 1.807) is 44.5 Å². The molecule has 0 aliphatic rings. The summed E-state index contributed by atoms with van der Waals surface area (Å²) in [4.78, 5) is 61.6. The zero-order valence-electron chi connectivity index (χ0n) is 34.0. The zero-order valence-corrected chi connectivity index (χ0v) is 34.0. The van der Waals surface area contributed by atoms with Gasteiger partial charge in [-0.2, -0.15) is 10.2 Å². The molecular formula is C40H50N12O8. The molecule has 8 N–H and O–H groups in total. The standard InChI is InChI=1S/C40H50N12O8/c1-5-51-29(17-23(3)47-51)37(57)45-39-43-27-19-25(35(41)55)21-31(59-15-9-13-53)33(27)49(39)11-7-8-12-50-34-28(20-26(36(42)56)22-32(34)60-16-10-14-54)44-40(50)46-38(58)30-18-24(4)48-52(30)6-2/h17-22,53-54H,5-16H2,1-4H3,(H2,41,55)(H2,42,56)(H,43,45,57)(H,44,46,58). The number of hydrogen-bond acceptors (Lipinski definition) is 12. The van der Waals surface area contributed by atoms with Gasteiger partial charge in [-0.25, -0.2) is 9.97 Å². The number of nitrogens with two attached hydrogens (primary N) is 2. The minimum Gasteiger partial charge on any atom is -0.491 e. The Hall–Kier alpha value is -6.80. The molecule has 318 valence electrons. The lowest BCUT2D eigenvalue weighted by Gasteiger charge is -2.15. The quantitative estimate of drug-likeness (QED) is 0.0572. The van der Waals surface area contributed by atoms with Crippen LogP contribution in [-0.2, 0) is 26.2 Å². The van der Waals surface area contributed by atoms with Crippen LogP contribution in [0.15, 0.2) is 36.4 Å². The minimum absolute atomic E-state index is 0.116. The van der Waals surface area contributed by atoms with Crippen LogP contribution in [0.4, 0.5) is 11.9 Å². The third-order valence-corrected chi connectivity index (χ3v) is 9.64. The number of anilines is 2. The lowest BCUT2D eigenvalue weighted by Crippen LogP contribution is -2.20. The maximum atomic E-state index is 13.7. The number of carbonyl (C=O) groups excluding carboxylic acids is 4. The van der Waals surface area contributed by atoms with E-state index in [0.717, 1.165) is 0 Å². The summed E-state index contributed by atoms with van der Waals surface area (Å²) < 4.78 is 18.9. The van der Waals surface area contributed by atoms with Crippen molar-refractivity contribution in [3.63, 3.8) is 0 Å². The van der Waals surface area contributed by atoms with Gasteiger partial charge in [0.2, 0.25) is 23.7 Å². The molecule has 0 bridgehead atoms. The second-order valence-corrected chi connectivity index (χ2v) is 14.0. The van der Waals surface area contributed by atoms with Gasteiger partial charge in [0, 0.05) is 63.4 Å². The van der Waals surface area contributed by atoms with Gasteiger partial charge in [-0.1, -0.05) is 0 Å². The van der Waals surface area contributed by atoms with Crippen LogP contribution in [0.25, 0.3) is 22.1 Å². The molecule has 2 aromatic carbocycles. The van der Waals surface area contributed by atoms with Crippen LogP contribution in [0.5, 0.6) is 11.5 Å². The second-order valence-electron chi connectivity index (χ2n) is 14.0. The fourth-order valence-corrected chi connectivity index (χ4v) is 6.89. The average Bonchev–Trinajstić information content (AvgIpc) is 3.98. The molecule has 60 heavy (non-hydrogen) atoms. The molecule has 20 nitrogen and oxygen atoms in total. The molecule has 0 aliphatic heterocycles. The fourth-order valence-electron chi connectivity index (χ4n) is 6.89. The zero-order chi connectivity index (χ0) is 43.1. The summed E-state index contributed by atoms with van der Waals surface area (Å²) in [5.74, 6) is -1.32. The number of imidazole rings is 2. The number of carbonyl (C=O) groups is 4. The Labute approximate surface area is 344 Å². The van der Waals surface area contributed by atoms with E-state index in [-0.39, 0.29) is 49.5 Å². The minimum atomic E-state index is -0.696. The highest BCUT2D eigenvalue weighted by atomic mass is 16.5. The van der Waals surface area contributed by atoms with Crippen LogP contribution in [0, 0.1) is 13.8 Å². The molecule has 0 saturated heterocycles. The highest BCUT2D eigenvalue weighted by Crippen LogP contribution is 2.34. The van der Waals surface area contributed by atoms with Crippen molar-refractivity contribution in [1.82, 2.24) is 38.7 Å². The topological polar surface area (TPSA) is 275 Å². The van der Waals surface area contributed by atoms with Gasteiger partial charge < -0.3 is 40.3 Å². The Morgan fingerprint density at radius 2 is 1.03 bits per heavy atom. The number of aromatic nitrogens is 8. The first-order valence-corrected chi connectivity index (χ1v) is 19.7. The molecule has 6 aromatic rings. The van der Waals surface area contributed by atoms with E-state index < -0.39 is 23.6 Å². The molecule has 4 aromatic heterocycles. The maximum Gasteiger partial charge on any atom is 0.276 e. The molecule has 6 rings (SSSR count). The molecule has 0 radical (unpaired) electrons. The normalized spacial score (nSPS) is 11.4. The first-order chi connectivity index (χ1) is 28.9. The van der Waals surface area contributed by atoms with Gasteiger partial charge in [-0.3, -0.25) is 39.2 Å². The van der Waals surface area contributed by atoms with Crippen molar-refractivity contribution in [3.8, 4) is 11.5 Å². The Kier molecular flexibility index (Phi) is 13.4. The number of fused-ring (bicyclic) bond motifs is 2. The fraction of sp³-hybridized carbons (Fsp3) is 0.400. The van der Waals surface area contributed by atoms with E-state index in [0.29, 0.717) is 108 Å². The number of unbranched alkanes of at least 4 members (excludes halogenated alkanes) is 1. The van der Waals surface area contributed by atoms with E-state index >= 15 is 0 Å². The smallest absolute Gasteiger partial charge is 0.276 e. The van der Waals surface area contributed by atoms with Gasteiger partial charge in [0.05, 0.1) is 35.6 Å². The summed E-state index contributed by atoms with van der Waals surface area (Å²) in [5.41, 5.74) is 15.4. The summed E-state index contributed by atoms with van der Waals surface area (Å²) in [7, 11) is 0. The third-order valence-electron chi connectivity index (χ3n) is 9.64. The van der Waals surface area contributed by atoms with E-state index in [9.17, 15) is 29.4 Å². The number of aliphatic hydroxyl groups excluding tert-OH is 2. The van der Waals surface area contributed by atoms with Crippen molar-refractivity contribution < 1.29 is 38.9 Å². The van der Waals surface area contributed by atoms with Gasteiger partial charge in [0.15, 0.2) is 0 Å². The average molecular weight is 827 g/mol. The molecule has 20 heteroatoms. The number of amides is 4. The van der Waals surface area contributed by atoms with Gasteiger partial charge in [0.25, 0.3) is 11.8 Å². The van der Waals surface area contributed by atoms with Crippen molar-refractivity contribution in [2.75, 3.05) is 37.1 Å². The molecular weight excluding hydrogens is 777 g/mol. The monoisotopic (exact) mass is 826 g/mol. The van der Waals surface area contributed by atoms with Crippen molar-refractivity contribution >= 4 is 57.6 Å². The van der Waals surface area contributed by atoms with Crippen molar-refractivity contribution in [2.45, 2.75) is 79.6 Å².